The van der Waals surface area contributed by atoms with Crippen molar-refractivity contribution in [1.29, 1.82) is 0 Å². The van der Waals surface area contributed by atoms with Gasteiger partial charge in [0.1, 0.15) is 5.76 Å². The number of esters is 1. The smallest absolute Gasteiger partial charge is 0.374 e. The molecule has 224 valence electrons. The van der Waals surface area contributed by atoms with Gasteiger partial charge in [-0.1, -0.05) is 54.6 Å². The van der Waals surface area contributed by atoms with Gasteiger partial charge in [0.2, 0.25) is 15.8 Å². The number of rotatable bonds is 12. The summed E-state index contributed by atoms with van der Waals surface area (Å²) in [5.41, 5.74) is 4.09. The second-order valence-corrected chi connectivity index (χ2v) is 14.2. The Hall–Kier alpha value is -3.73. The van der Waals surface area contributed by atoms with Crippen LogP contribution in [-0.2, 0) is 37.7 Å². The molecule has 0 amide bonds. The molecule has 1 heterocycles. The molecule has 0 bridgehead atoms. The van der Waals surface area contributed by atoms with Crippen LogP contribution in [-0.4, -0.2) is 40.0 Å². The predicted octanol–water partition coefficient (Wildman–Crippen LogP) is 6.68. The van der Waals surface area contributed by atoms with E-state index in [1.54, 1.807) is 63.2 Å². The zero-order valence-electron chi connectivity index (χ0n) is 24.8. The zero-order chi connectivity index (χ0) is 31.2. The van der Waals surface area contributed by atoms with Crippen LogP contribution in [0, 0.1) is 0 Å². The Morgan fingerprint density at radius 2 is 1.60 bits per heavy atom. The molecule has 0 aliphatic carbocycles. The molecule has 3 aromatic rings. The highest BCUT2D eigenvalue weighted by Gasteiger charge is 2.30. The van der Waals surface area contributed by atoms with Crippen molar-refractivity contribution in [3.63, 3.8) is 0 Å². The van der Waals surface area contributed by atoms with Crippen LogP contribution in [0.1, 0.15) is 56.5 Å². The second kappa shape index (κ2) is 13.5. The Balaban J connectivity index is 2.03. The highest BCUT2D eigenvalue weighted by Crippen LogP contribution is 2.29. The highest BCUT2D eigenvalue weighted by atomic mass is 32.2. The SMILES string of the molecule is C=C(C)/C(=C(/C)C=C(C)C)S(=O)(=O)N(Cc1ccc(-c2cccc(S(C)(=O)=O)c2)cc1)Cc1ccc(C(=O)OCC)o1. The van der Waals surface area contributed by atoms with Crippen molar-refractivity contribution in [2.24, 2.45) is 0 Å². The fourth-order valence-electron chi connectivity index (χ4n) is 4.47. The summed E-state index contributed by atoms with van der Waals surface area (Å²) < 4.78 is 64.3. The Labute approximate surface area is 249 Å². The maximum absolute atomic E-state index is 14.2. The first kappa shape index (κ1) is 32.8. The van der Waals surface area contributed by atoms with Crippen LogP contribution in [0.2, 0.25) is 0 Å². The molecule has 2 aromatic carbocycles. The van der Waals surface area contributed by atoms with E-state index in [0.29, 0.717) is 16.7 Å². The lowest BCUT2D eigenvalue weighted by molar-refractivity contribution is 0.0487. The fraction of sp³-hybridized carbons (Fsp3) is 0.281. The number of benzene rings is 2. The molecule has 0 atom stereocenters. The second-order valence-electron chi connectivity index (χ2n) is 10.3. The van der Waals surface area contributed by atoms with Crippen molar-refractivity contribution in [3.8, 4) is 11.1 Å². The Kier molecular flexibility index (Phi) is 10.5. The van der Waals surface area contributed by atoms with Gasteiger partial charge in [-0.2, -0.15) is 4.31 Å². The van der Waals surface area contributed by atoms with Crippen molar-refractivity contribution in [2.45, 2.75) is 52.6 Å². The normalized spacial score (nSPS) is 12.5. The van der Waals surface area contributed by atoms with Crippen LogP contribution in [0.15, 0.2) is 104 Å². The Morgan fingerprint density at radius 1 is 0.929 bits per heavy atom. The summed E-state index contributed by atoms with van der Waals surface area (Å²) in [5, 5.41) is 0. The molecular weight excluding hydrogens is 574 g/mol. The molecule has 0 N–H and O–H groups in total. The molecule has 0 fully saturated rings. The molecule has 8 nitrogen and oxygen atoms in total. The monoisotopic (exact) mass is 611 g/mol. The molecule has 0 aliphatic rings. The van der Waals surface area contributed by atoms with Crippen molar-refractivity contribution in [2.75, 3.05) is 12.9 Å². The first-order chi connectivity index (χ1) is 19.6. The predicted molar refractivity (Wildman–Crippen MR) is 165 cm³/mol. The summed E-state index contributed by atoms with van der Waals surface area (Å²) in [7, 11) is -7.45. The molecule has 0 saturated carbocycles. The lowest BCUT2D eigenvalue weighted by Crippen LogP contribution is -2.32. The third-order valence-electron chi connectivity index (χ3n) is 6.23. The van der Waals surface area contributed by atoms with E-state index in [2.05, 4.69) is 6.58 Å². The van der Waals surface area contributed by atoms with E-state index < -0.39 is 25.8 Å². The van der Waals surface area contributed by atoms with Crippen LogP contribution in [0.3, 0.4) is 0 Å². The molecule has 0 saturated heterocycles. The molecule has 1 aromatic heterocycles. The number of ether oxygens (including phenoxy) is 1. The van der Waals surface area contributed by atoms with Gasteiger partial charge in [-0.05, 0) is 86.7 Å². The summed E-state index contributed by atoms with van der Waals surface area (Å²) >= 11 is 0. The maximum Gasteiger partial charge on any atom is 0.374 e. The van der Waals surface area contributed by atoms with Gasteiger partial charge in [0.15, 0.2) is 9.84 Å². The molecule has 0 unspecified atom stereocenters. The van der Waals surface area contributed by atoms with Gasteiger partial charge in [0.25, 0.3) is 0 Å². The van der Waals surface area contributed by atoms with Crippen LogP contribution >= 0.6 is 0 Å². The number of nitrogens with zero attached hydrogens (tertiary/aromatic N) is 1. The fourth-order valence-corrected chi connectivity index (χ4v) is 6.92. The van der Waals surface area contributed by atoms with Crippen LogP contribution in [0.4, 0.5) is 0 Å². The number of carbonyl (C=O) groups excluding carboxylic acids is 1. The van der Waals surface area contributed by atoms with E-state index >= 15 is 0 Å². The molecular formula is C32H37NO7S2. The van der Waals surface area contributed by atoms with E-state index in [1.807, 2.05) is 32.0 Å². The van der Waals surface area contributed by atoms with Crippen LogP contribution in [0.25, 0.3) is 11.1 Å². The summed E-state index contributed by atoms with van der Waals surface area (Å²) in [6.07, 6.45) is 2.96. The number of allylic oxidation sites excluding steroid dienone is 4. The van der Waals surface area contributed by atoms with E-state index in [0.717, 1.165) is 23.0 Å². The molecule has 3 rings (SSSR count). The minimum atomic E-state index is -4.08. The minimum absolute atomic E-state index is 0.000311. The Morgan fingerprint density at radius 3 is 2.17 bits per heavy atom. The quantitative estimate of drug-likeness (QED) is 0.166. The average Bonchev–Trinajstić information content (AvgIpc) is 3.36. The first-order valence-corrected chi connectivity index (χ1v) is 16.6. The molecule has 0 aliphatic heterocycles. The number of sulfonamides is 1. The zero-order valence-corrected chi connectivity index (χ0v) is 26.4. The summed E-state index contributed by atoms with van der Waals surface area (Å²) in [6, 6.07) is 16.9. The minimum Gasteiger partial charge on any atom is -0.460 e. The maximum atomic E-state index is 14.2. The van der Waals surface area contributed by atoms with Gasteiger partial charge in [0, 0.05) is 12.8 Å². The number of sulfone groups is 1. The number of hydrogen-bond donors (Lipinski definition) is 0. The van der Waals surface area contributed by atoms with Gasteiger partial charge in [0.05, 0.1) is 23.0 Å². The van der Waals surface area contributed by atoms with Crippen LogP contribution < -0.4 is 0 Å². The first-order valence-electron chi connectivity index (χ1n) is 13.3. The van der Waals surface area contributed by atoms with Crippen molar-refractivity contribution in [3.05, 3.63) is 112 Å². The highest BCUT2D eigenvalue weighted by molar-refractivity contribution is 7.93. The summed E-state index contributed by atoms with van der Waals surface area (Å²) in [6.45, 7) is 12.8. The van der Waals surface area contributed by atoms with E-state index in [-0.39, 0.29) is 41.0 Å². The van der Waals surface area contributed by atoms with Crippen molar-refractivity contribution in [1.82, 2.24) is 4.31 Å². The van der Waals surface area contributed by atoms with E-state index in [1.165, 1.54) is 10.4 Å². The lowest BCUT2D eigenvalue weighted by Gasteiger charge is -2.24. The van der Waals surface area contributed by atoms with Crippen molar-refractivity contribution < 1.29 is 30.8 Å². The summed E-state index contributed by atoms with van der Waals surface area (Å²) in [4.78, 5) is 12.5. The standard InChI is InChI=1S/C32H37NO7S2/c1-8-39-32(34)30-17-16-28(40-30)21-33(42(37,38)31(23(4)5)24(6)18-22(2)3)20-25-12-14-26(15-13-25)27-10-9-11-29(19-27)41(7,35)36/h9-19H,4,8,20-21H2,1-3,5-7H3/b31-24+. The lowest BCUT2D eigenvalue weighted by atomic mass is 10.0. The van der Waals surface area contributed by atoms with Gasteiger partial charge < -0.3 is 9.15 Å². The van der Waals surface area contributed by atoms with Gasteiger partial charge in [-0.15, -0.1) is 0 Å². The average molecular weight is 612 g/mol. The number of hydrogen-bond acceptors (Lipinski definition) is 7. The van der Waals surface area contributed by atoms with Crippen molar-refractivity contribution >= 4 is 25.8 Å². The molecule has 10 heteroatoms. The summed E-state index contributed by atoms with van der Waals surface area (Å²) in [5.74, 6) is -0.367. The molecule has 0 spiro atoms. The van der Waals surface area contributed by atoms with E-state index in [4.69, 9.17) is 9.15 Å². The van der Waals surface area contributed by atoms with Gasteiger partial charge in [-0.3, -0.25) is 0 Å². The molecule has 42 heavy (non-hydrogen) atoms. The number of carbonyl (C=O) groups is 1. The largest absolute Gasteiger partial charge is 0.460 e. The third kappa shape index (κ3) is 8.18. The van der Waals surface area contributed by atoms with Gasteiger partial charge >= 0.3 is 5.97 Å². The van der Waals surface area contributed by atoms with E-state index in [9.17, 15) is 21.6 Å². The third-order valence-corrected chi connectivity index (χ3v) is 9.46. The molecule has 0 radical (unpaired) electrons. The number of furan rings is 1. The van der Waals surface area contributed by atoms with Gasteiger partial charge in [-0.25, -0.2) is 21.6 Å². The Bertz CT molecular complexity index is 1740. The van der Waals surface area contributed by atoms with Crippen LogP contribution in [0.5, 0.6) is 0 Å². The topological polar surface area (TPSA) is 111 Å².